The summed E-state index contributed by atoms with van der Waals surface area (Å²) in [4.78, 5) is 2.37. The molecule has 9 aromatic carbocycles. The second kappa shape index (κ2) is 13.4. The van der Waals surface area contributed by atoms with Gasteiger partial charge in [-0.05, 0) is 99.4 Å². The molecule has 2 nitrogen and oxygen atoms in total. The molecule has 0 saturated heterocycles. The summed E-state index contributed by atoms with van der Waals surface area (Å²) in [6.45, 7) is 0. The zero-order valence-corrected chi connectivity index (χ0v) is 29.7. The highest BCUT2D eigenvalue weighted by atomic mass is 15.1. The summed E-state index contributed by atoms with van der Waals surface area (Å²) in [5, 5.41) is 4.91. The van der Waals surface area contributed by atoms with Gasteiger partial charge in [-0.15, -0.1) is 0 Å². The number of hydrogen-bond acceptors (Lipinski definition) is 1. The molecule has 0 fully saturated rings. The SMILES string of the molecule is c1ccc(-c2ccc(N(c3ccccc3)c3ccc4c(c3)c3c(-c5ccccc5)cc5ccccc5c3n4-c3ccc(-c4ccccc4)cc3)cc2)cc1. The van der Waals surface area contributed by atoms with Gasteiger partial charge in [0.1, 0.15) is 0 Å². The molecule has 10 rings (SSSR count). The van der Waals surface area contributed by atoms with Crippen LogP contribution in [0, 0.1) is 0 Å². The van der Waals surface area contributed by atoms with Gasteiger partial charge in [-0.25, -0.2) is 0 Å². The van der Waals surface area contributed by atoms with E-state index < -0.39 is 0 Å². The van der Waals surface area contributed by atoms with Crippen LogP contribution in [0.3, 0.4) is 0 Å². The van der Waals surface area contributed by atoms with Gasteiger partial charge in [0.15, 0.2) is 0 Å². The van der Waals surface area contributed by atoms with Crippen LogP contribution < -0.4 is 4.90 Å². The topological polar surface area (TPSA) is 8.17 Å². The molecule has 0 radical (unpaired) electrons. The van der Waals surface area contributed by atoms with Crippen molar-refractivity contribution in [3.05, 3.63) is 218 Å². The maximum absolute atomic E-state index is 2.47. The van der Waals surface area contributed by atoms with E-state index in [0.717, 1.165) is 22.7 Å². The summed E-state index contributed by atoms with van der Waals surface area (Å²) in [5.41, 5.74) is 14.1. The lowest BCUT2D eigenvalue weighted by molar-refractivity contribution is 1.18. The Morgan fingerprint density at radius 1 is 0.333 bits per heavy atom. The smallest absolute Gasteiger partial charge is 0.0625 e. The number of hydrogen-bond donors (Lipinski definition) is 0. The fourth-order valence-electron chi connectivity index (χ4n) is 8.02. The Morgan fingerprint density at radius 3 is 1.44 bits per heavy atom. The first kappa shape index (κ1) is 31.6. The molecule has 0 N–H and O–H groups in total. The summed E-state index contributed by atoms with van der Waals surface area (Å²) in [6.07, 6.45) is 0. The second-order valence-corrected chi connectivity index (χ2v) is 13.8. The van der Waals surface area contributed by atoms with Crippen molar-refractivity contribution in [2.45, 2.75) is 0 Å². The minimum Gasteiger partial charge on any atom is -0.310 e. The third-order valence-corrected chi connectivity index (χ3v) is 10.6. The Balaban J connectivity index is 1.24. The van der Waals surface area contributed by atoms with E-state index in [-0.39, 0.29) is 0 Å². The summed E-state index contributed by atoms with van der Waals surface area (Å²) >= 11 is 0. The lowest BCUT2D eigenvalue weighted by Gasteiger charge is -2.26. The fraction of sp³-hybridized carbons (Fsp3) is 0. The van der Waals surface area contributed by atoms with Crippen molar-refractivity contribution < 1.29 is 0 Å². The largest absolute Gasteiger partial charge is 0.310 e. The highest BCUT2D eigenvalue weighted by molar-refractivity contribution is 6.24. The lowest BCUT2D eigenvalue weighted by atomic mass is 9.95. The van der Waals surface area contributed by atoms with Gasteiger partial charge in [-0.2, -0.15) is 0 Å². The summed E-state index contributed by atoms with van der Waals surface area (Å²) in [5.74, 6) is 0. The molecular weight excluding hydrogens is 653 g/mol. The van der Waals surface area contributed by atoms with Gasteiger partial charge in [0.2, 0.25) is 0 Å². The standard InChI is InChI=1S/C52H36N2/c1-5-15-37(16-6-1)39-25-29-44(30-26-39)53(43-22-11-4-12-23-43)46-33-34-50-49(36-46)51-48(41-19-9-3-10-20-41)35-42-21-13-14-24-47(42)52(51)54(50)45-31-27-40(28-32-45)38-17-7-2-8-18-38/h1-36H. The average molecular weight is 689 g/mol. The van der Waals surface area contributed by atoms with Crippen molar-refractivity contribution in [2.75, 3.05) is 4.90 Å². The van der Waals surface area contributed by atoms with Crippen LogP contribution in [0.15, 0.2) is 218 Å². The normalized spacial score (nSPS) is 11.3. The first-order valence-corrected chi connectivity index (χ1v) is 18.5. The fourth-order valence-corrected chi connectivity index (χ4v) is 8.02. The number of rotatable bonds is 7. The molecule has 254 valence electrons. The Morgan fingerprint density at radius 2 is 0.815 bits per heavy atom. The maximum atomic E-state index is 2.47. The quantitative estimate of drug-likeness (QED) is 0.162. The van der Waals surface area contributed by atoms with Crippen LogP contribution in [0.1, 0.15) is 0 Å². The third-order valence-electron chi connectivity index (χ3n) is 10.6. The molecule has 54 heavy (non-hydrogen) atoms. The number of fused-ring (bicyclic) bond motifs is 5. The van der Waals surface area contributed by atoms with E-state index in [9.17, 15) is 0 Å². The molecular formula is C52H36N2. The van der Waals surface area contributed by atoms with E-state index in [1.54, 1.807) is 0 Å². The van der Waals surface area contributed by atoms with Gasteiger partial charge < -0.3 is 9.47 Å². The van der Waals surface area contributed by atoms with Crippen LogP contribution in [0.25, 0.3) is 71.6 Å². The maximum Gasteiger partial charge on any atom is 0.0625 e. The van der Waals surface area contributed by atoms with E-state index in [0.29, 0.717) is 0 Å². The predicted molar refractivity (Wildman–Crippen MR) is 229 cm³/mol. The molecule has 0 unspecified atom stereocenters. The van der Waals surface area contributed by atoms with E-state index in [2.05, 4.69) is 228 Å². The minimum atomic E-state index is 1.10. The molecule has 1 aromatic heterocycles. The summed E-state index contributed by atoms with van der Waals surface area (Å²) in [6, 6.07) is 78.8. The first-order chi connectivity index (χ1) is 26.8. The molecule has 0 saturated carbocycles. The third kappa shape index (κ3) is 5.53. The number of para-hydroxylation sites is 1. The number of benzene rings is 9. The van der Waals surface area contributed by atoms with Crippen LogP contribution in [-0.4, -0.2) is 4.57 Å². The molecule has 0 aliphatic carbocycles. The molecule has 0 bridgehead atoms. The summed E-state index contributed by atoms with van der Waals surface area (Å²) < 4.78 is 2.47. The Bertz CT molecular complexity index is 2880. The molecule has 0 aliphatic rings. The van der Waals surface area contributed by atoms with Gasteiger partial charge in [0.05, 0.1) is 11.0 Å². The Labute approximate surface area is 315 Å². The van der Waals surface area contributed by atoms with Crippen LogP contribution >= 0.6 is 0 Å². The van der Waals surface area contributed by atoms with Gasteiger partial charge in [-0.1, -0.05) is 158 Å². The van der Waals surface area contributed by atoms with Crippen molar-refractivity contribution >= 4 is 49.6 Å². The number of anilines is 3. The van der Waals surface area contributed by atoms with E-state index in [1.165, 1.54) is 66.0 Å². The zero-order chi connectivity index (χ0) is 35.8. The van der Waals surface area contributed by atoms with E-state index >= 15 is 0 Å². The van der Waals surface area contributed by atoms with Crippen molar-refractivity contribution in [3.63, 3.8) is 0 Å². The minimum absolute atomic E-state index is 1.10. The molecule has 2 heteroatoms. The van der Waals surface area contributed by atoms with Gasteiger partial charge in [-0.3, -0.25) is 0 Å². The van der Waals surface area contributed by atoms with Crippen molar-refractivity contribution in [3.8, 4) is 39.1 Å². The van der Waals surface area contributed by atoms with Crippen LogP contribution in [0.2, 0.25) is 0 Å². The Kier molecular flexibility index (Phi) is 7.85. The van der Waals surface area contributed by atoms with Crippen LogP contribution in [0.5, 0.6) is 0 Å². The molecule has 0 amide bonds. The Hall–Kier alpha value is -7.16. The molecule has 0 spiro atoms. The van der Waals surface area contributed by atoms with Gasteiger partial charge >= 0.3 is 0 Å². The van der Waals surface area contributed by atoms with Crippen LogP contribution in [-0.2, 0) is 0 Å². The van der Waals surface area contributed by atoms with Crippen molar-refractivity contribution in [1.29, 1.82) is 0 Å². The average Bonchev–Trinajstić information content (AvgIpc) is 3.60. The second-order valence-electron chi connectivity index (χ2n) is 13.8. The van der Waals surface area contributed by atoms with Crippen molar-refractivity contribution in [1.82, 2.24) is 4.57 Å². The van der Waals surface area contributed by atoms with E-state index in [1.807, 2.05) is 0 Å². The predicted octanol–water partition coefficient (Wildman–Crippen LogP) is 14.4. The molecule has 0 aliphatic heterocycles. The van der Waals surface area contributed by atoms with Crippen molar-refractivity contribution in [2.24, 2.45) is 0 Å². The monoisotopic (exact) mass is 688 g/mol. The summed E-state index contributed by atoms with van der Waals surface area (Å²) in [7, 11) is 0. The molecule has 0 atom stereocenters. The molecule has 10 aromatic rings. The van der Waals surface area contributed by atoms with Crippen LogP contribution in [0.4, 0.5) is 17.1 Å². The highest BCUT2D eigenvalue weighted by Gasteiger charge is 2.22. The lowest BCUT2D eigenvalue weighted by Crippen LogP contribution is -2.09. The number of nitrogens with zero attached hydrogens (tertiary/aromatic N) is 2. The number of aromatic nitrogens is 1. The first-order valence-electron chi connectivity index (χ1n) is 18.5. The molecule has 1 heterocycles. The zero-order valence-electron chi connectivity index (χ0n) is 29.7. The highest BCUT2D eigenvalue weighted by Crippen LogP contribution is 2.45. The van der Waals surface area contributed by atoms with E-state index in [4.69, 9.17) is 0 Å². The van der Waals surface area contributed by atoms with Gasteiger partial charge in [0.25, 0.3) is 0 Å². The van der Waals surface area contributed by atoms with Gasteiger partial charge in [0, 0.05) is 38.9 Å².